The minimum Gasteiger partial charge on any atom is -0.198 e. The second-order valence-electron chi connectivity index (χ2n) is 0.831. The Bertz CT molecular complexity index is 101. The van der Waals surface area contributed by atoms with Crippen LogP contribution in [0.5, 0.6) is 0 Å². The van der Waals surface area contributed by atoms with Gasteiger partial charge in [-0.05, 0) is 0 Å². The molecule has 1 heterocycles. The van der Waals surface area contributed by atoms with Crippen LogP contribution in [-0.4, -0.2) is 15.4 Å². The molecule has 0 aromatic carbocycles. The van der Waals surface area contributed by atoms with Crippen LogP contribution in [0.25, 0.3) is 0 Å². The van der Waals surface area contributed by atoms with E-state index in [2.05, 4.69) is 15.4 Å². The van der Waals surface area contributed by atoms with Gasteiger partial charge in [-0.2, -0.15) is 15.4 Å². The van der Waals surface area contributed by atoms with Crippen LogP contribution in [0.2, 0.25) is 0 Å². The van der Waals surface area contributed by atoms with Crippen molar-refractivity contribution >= 4 is 30.1 Å². The van der Waals surface area contributed by atoms with Gasteiger partial charge in [0, 0.05) is 0 Å². The number of rotatable bonds is 0. The summed E-state index contributed by atoms with van der Waals surface area (Å²) >= 11 is -1.62. The molecule has 9 heavy (non-hydrogen) atoms. The molecule has 0 saturated carbocycles. The Balaban J connectivity index is 0.000000148. The Morgan fingerprint density at radius 1 is 1.11 bits per heavy atom. The smallest absolute Gasteiger partial charge is 0.0690 e. The van der Waals surface area contributed by atoms with Gasteiger partial charge in [0.05, 0.1) is 12.4 Å². The van der Waals surface area contributed by atoms with Crippen LogP contribution in [0.15, 0.2) is 12.4 Å². The summed E-state index contributed by atoms with van der Waals surface area (Å²) in [5, 5.41) is 9.33. The zero-order valence-corrected chi connectivity index (χ0v) is 7.63. The van der Waals surface area contributed by atoms with E-state index in [1.807, 2.05) is 0 Å². The molecule has 0 unspecified atom stereocenters. The summed E-state index contributed by atoms with van der Waals surface area (Å²) in [6.07, 6.45) is 3.17. The van der Waals surface area contributed by atoms with Crippen LogP contribution >= 0.6 is 30.1 Å². The van der Waals surface area contributed by atoms with E-state index in [-0.39, 0.29) is 0 Å². The molecule has 0 atom stereocenters. The summed E-state index contributed by atoms with van der Waals surface area (Å²) in [6.45, 7) is 0. The normalized spacial score (nSPS) is 8.44. The van der Waals surface area contributed by atoms with Gasteiger partial charge in [0.15, 0.2) is 0 Å². The van der Waals surface area contributed by atoms with Gasteiger partial charge in [0.1, 0.15) is 0 Å². The van der Waals surface area contributed by atoms with Crippen LogP contribution in [0.4, 0.5) is 0 Å². The molecule has 1 rings (SSSR count). The van der Waals surface area contributed by atoms with Crippen LogP contribution in [0.3, 0.4) is 0 Å². The predicted octanol–water partition coefficient (Wildman–Crippen LogP) is 1.87. The first-order valence-electron chi connectivity index (χ1n) is 1.76. The quantitative estimate of drug-likeness (QED) is 0.735. The Morgan fingerprint density at radius 3 is 1.56 bits per heavy atom. The molecule has 0 fully saturated rings. The molecular weight excluding hydrogens is 224 g/mol. The average molecular weight is 227 g/mol. The van der Waals surface area contributed by atoms with Crippen molar-refractivity contribution in [2.24, 2.45) is 0 Å². The molecule has 0 radical (unpaired) electrons. The average Bonchev–Trinajstić information content (AvgIpc) is 2.11. The van der Waals surface area contributed by atoms with Crippen LogP contribution in [0, 0.1) is 0 Å². The van der Waals surface area contributed by atoms with E-state index in [0.29, 0.717) is 0 Å². The molecule has 0 spiro atoms. The Morgan fingerprint density at radius 2 is 1.44 bits per heavy atom. The summed E-state index contributed by atoms with van der Waals surface area (Å²) in [6, 6.07) is 0. The fraction of sp³-hybridized carbons (Fsp3) is 0. The Kier molecular flexibility index (Phi) is 7.06. The molecular formula is C2H3Cl3CrN3. The molecule has 0 bridgehead atoms. The maximum atomic E-state index is 4.93. The fourth-order valence-corrected chi connectivity index (χ4v) is 0.167. The summed E-state index contributed by atoms with van der Waals surface area (Å²) in [5.41, 5.74) is 0. The zero-order valence-electron chi connectivity index (χ0n) is 4.09. The van der Waals surface area contributed by atoms with Gasteiger partial charge in [-0.15, -0.1) is 0 Å². The zero-order chi connectivity index (χ0) is 7.11. The molecule has 0 aliphatic carbocycles. The Labute approximate surface area is 69.3 Å². The number of aromatic nitrogens is 3. The fourth-order valence-electron chi connectivity index (χ4n) is 0.167. The topological polar surface area (TPSA) is 41.6 Å². The SMILES string of the molecule is [Cl][Cr]([Cl])[Cl].c1cn[nH]n1. The van der Waals surface area contributed by atoms with Crippen molar-refractivity contribution in [2.45, 2.75) is 0 Å². The van der Waals surface area contributed by atoms with E-state index in [9.17, 15) is 0 Å². The van der Waals surface area contributed by atoms with Gasteiger partial charge in [0.2, 0.25) is 0 Å². The summed E-state index contributed by atoms with van der Waals surface area (Å²) < 4.78 is 0. The molecule has 1 N–H and O–H groups in total. The van der Waals surface area contributed by atoms with Crippen LogP contribution < -0.4 is 0 Å². The second kappa shape index (κ2) is 6.66. The monoisotopic (exact) mass is 226 g/mol. The molecule has 1 aromatic heterocycles. The second-order valence-corrected chi connectivity index (χ2v) is 7.15. The van der Waals surface area contributed by atoms with E-state index in [0.717, 1.165) is 0 Å². The van der Waals surface area contributed by atoms with Gasteiger partial charge in [-0.3, -0.25) is 0 Å². The minimum absolute atomic E-state index is 1.58. The number of halogens is 3. The van der Waals surface area contributed by atoms with Crippen LogP contribution in [-0.2, 0) is 11.4 Å². The number of hydrogen-bond donors (Lipinski definition) is 1. The summed E-state index contributed by atoms with van der Waals surface area (Å²) in [5.74, 6) is 0. The minimum atomic E-state index is -1.62. The maximum absolute atomic E-state index is 4.93. The number of nitrogens with zero attached hydrogens (tertiary/aromatic N) is 2. The third kappa shape index (κ3) is 11.9. The van der Waals surface area contributed by atoms with Crippen molar-refractivity contribution in [1.82, 2.24) is 15.4 Å². The van der Waals surface area contributed by atoms with E-state index in [1.54, 1.807) is 12.4 Å². The standard InChI is InChI=1S/C2H3N3.3ClH.Cr/c1-2-4-5-3-1;;;;/h1-2H,(H,3,4,5);3*1H;/q;;;;+3/p-3. The number of nitrogens with one attached hydrogen (secondary N) is 1. The largest absolute Gasteiger partial charge is 0.198 e. The van der Waals surface area contributed by atoms with Crippen molar-refractivity contribution in [1.29, 1.82) is 0 Å². The van der Waals surface area contributed by atoms with Gasteiger partial charge >= 0.3 is 41.5 Å². The number of hydrogen-bond acceptors (Lipinski definition) is 2. The first kappa shape index (κ1) is 9.54. The summed E-state index contributed by atoms with van der Waals surface area (Å²) in [4.78, 5) is 0. The maximum Gasteiger partial charge on any atom is 0.0690 e. The number of H-pyrrole nitrogens is 1. The van der Waals surface area contributed by atoms with Crippen molar-refractivity contribution in [3.63, 3.8) is 0 Å². The molecule has 1 aromatic rings. The molecule has 0 saturated heterocycles. The van der Waals surface area contributed by atoms with Crippen LogP contribution in [0.1, 0.15) is 0 Å². The van der Waals surface area contributed by atoms with Gasteiger partial charge in [0.25, 0.3) is 0 Å². The van der Waals surface area contributed by atoms with Crippen molar-refractivity contribution in [3.8, 4) is 0 Å². The third-order valence-corrected chi connectivity index (χ3v) is 0.331. The van der Waals surface area contributed by atoms with Gasteiger partial charge in [-0.1, -0.05) is 0 Å². The molecule has 3 nitrogen and oxygen atoms in total. The first-order valence-corrected chi connectivity index (χ1v) is 7.02. The van der Waals surface area contributed by atoms with Crippen molar-refractivity contribution in [3.05, 3.63) is 12.4 Å². The summed E-state index contributed by atoms with van der Waals surface area (Å²) in [7, 11) is 14.8. The van der Waals surface area contributed by atoms with Crippen molar-refractivity contribution < 1.29 is 11.4 Å². The van der Waals surface area contributed by atoms with E-state index in [1.165, 1.54) is 0 Å². The van der Waals surface area contributed by atoms with E-state index < -0.39 is 11.4 Å². The molecule has 0 amide bonds. The third-order valence-electron chi connectivity index (χ3n) is 0.331. The van der Waals surface area contributed by atoms with Gasteiger partial charge < -0.3 is 0 Å². The Hall–Kier alpha value is 0.542. The number of aromatic amines is 1. The molecule has 0 aliphatic rings. The van der Waals surface area contributed by atoms with E-state index in [4.69, 9.17) is 30.1 Å². The van der Waals surface area contributed by atoms with Gasteiger partial charge in [-0.25, -0.2) is 0 Å². The molecule has 7 heteroatoms. The molecule has 0 aliphatic heterocycles. The first-order chi connectivity index (χ1) is 4.23. The predicted molar refractivity (Wildman–Crippen MR) is 33.9 cm³/mol. The van der Waals surface area contributed by atoms with E-state index >= 15 is 0 Å². The molecule has 53 valence electrons. The van der Waals surface area contributed by atoms with Crippen molar-refractivity contribution in [2.75, 3.05) is 0 Å².